The van der Waals surface area contributed by atoms with Crippen LogP contribution in [0, 0.1) is 0 Å². The molecule has 1 aromatic rings. The molecule has 7 heteroatoms. The van der Waals surface area contributed by atoms with E-state index in [4.69, 9.17) is 17.3 Å². The van der Waals surface area contributed by atoms with E-state index < -0.39 is 11.5 Å². The Bertz CT molecular complexity index is 485. The topological polar surface area (TPSA) is 79.5 Å². The number of aromatic nitrogens is 1. The van der Waals surface area contributed by atoms with E-state index in [0.717, 1.165) is 4.47 Å². The number of aliphatic hydroxyl groups is 1. The zero-order valence-corrected chi connectivity index (χ0v) is 11.9. The van der Waals surface area contributed by atoms with Crippen LogP contribution in [-0.4, -0.2) is 34.7 Å². The molecular weight excluding hydrogens is 321 g/mol. The molecule has 5 nitrogen and oxygen atoms in total. The zero-order valence-electron chi connectivity index (χ0n) is 9.57. The lowest BCUT2D eigenvalue weighted by Gasteiger charge is -2.37. The SMILES string of the molecule is NC(=O)[C@@]1(O)CCCN(c2ncc(Br)cc2Cl)C1. The van der Waals surface area contributed by atoms with Gasteiger partial charge in [0, 0.05) is 17.2 Å². The molecule has 2 rings (SSSR count). The summed E-state index contributed by atoms with van der Waals surface area (Å²) in [5, 5.41) is 10.6. The van der Waals surface area contributed by atoms with Crippen LogP contribution in [0.2, 0.25) is 5.02 Å². The van der Waals surface area contributed by atoms with Crippen molar-refractivity contribution in [3.8, 4) is 0 Å². The highest BCUT2D eigenvalue weighted by Gasteiger charge is 2.39. The standard InChI is InChI=1S/C11H13BrClN3O2/c12-7-4-8(13)9(15-5-7)16-3-1-2-11(18,6-16)10(14)17/h4-5,18H,1-3,6H2,(H2,14,17)/t11-/m1/s1. The molecule has 1 aromatic heterocycles. The molecule has 1 aliphatic rings. The van der Waals surface area contributed by atoms with E-state index >= 15 is 0 Å². The number of hydrogen-bond donors (Lipinski definition) is 2. The number of β-amino-alcohol motifs (C(OH)–C–C–N with tert-alkyl or cyclic N) is 1. The Hall–Kier alpha value is -0.850. The Morgan fingerprint density at radius 3 is 3.00 bits per heavy atom. The first-order valence-corrected chi connectivity index (χ1v) is 6.68. The first-order chi connectivity index (χ1) is 8.42. The van der Waals surface area contributed by atoms with Crippen LogP contribution in [0.1, 0.15) is 12.8 Å². The molecular formula is C11H13BrClN3O2. The molecule has 1 aliphatic heterocycles. The first kappa shape index (κ1) is 13.6. The van der Waals surface area contributed by atoms with Crippen LogP contribution in [0.25, 0.3) is 0 Å². The molecule has 98 valence electrons. The summed E-state index contributed by atoms with van der Waals surface area (Å²) in [6.45, 7) is 0.806. The highest BCUT2D eigenvalue weighted by atomic mass is 79.9. The molecule has 0 spiro atoms. The van der Waals surface area contributed by atoms with Gasteiger partial charge in [0.1, 0.15) is 5.82 Å². The average Bonchev–Trinajstić information content (AvgIpc) is 2.28. The number of carbonyl (C=O) groups is 1. The van der Waals surface area contributed by atoms with E-state index in [9.17, 15) is 9.90 Å². The number of rotatable bonds is 2. The molecule has 1 atom stereocenters. The maximum absolute atomic E-state index is 11.3. The van der Waals surface area contributed by atoms with Crippen molar-refractivity contribution in [1.82, 2.24) is 4.98 Å². The highest BCUT2D eigenvalue weighted by molar-refractivity contribution is 9.10. The normalized spacial score (nSPS) is 24.1. The second-order valence-corrected chi connectivity index (χ2v) is 5.70. The fourth-order valence-electron chi connectivity index (χ4n) is 2.06. The van der Waals surface area contributed by atoms with Crippen molar-refractivity contribution in [2.75, 3.05) is 18.0 Å². The molecule has 0 unspecified atom stereocenters. The van der Waals surface area contributed by atoms with Gasteiger partial charge in [0.2, 0.25) is 0 Å². The monoisotopic (exact) mass is 333 g/mol. The molecule has 3 N–H and O–H groups in total. The summed E-state index contributed by atoms with van der Waals surface area (Å²) in [6, 6.07) is 1.72. The van der Waals surface area contributed by atoms with Crippen LogP contribution >= 0.6 is 27.5 Å². The number of anilines is 1. The lowest BCUT2D eigenvalue weighted by atomic mass is 9.92. The summed E-state index contributed by atoms with van der Waals surface area (Å²) in [4.78, 5) is 17.3. The minimum Gasteiger partial charge on any atom is -0.378 e. The Morgan fingerprint density at radius 2 is 2.39 bits per heavy atom. The molecule has 1 saturated heterocycles. The minimum atomic E-state index is -1.50. The predicted octanol–water partition coefficient (Wildman–Crippen LogP) is 1.31. The Kier molecular flexibility index (Phi) is 3.79. The highest BCUT2D eigenvalue weighted by Crippen LogP contribution is 2.30. The average molecular weight is 335 g/mol. The largest absolute Gasteiger partial charge is 0.378 e. The van der Waals surface area contributed by atoms with Crippen molar-refractivity contribution < 1.29 is 9.90 Å². The number of piperidine rings is 1. The van der Waals surface area contributed by atoms with E-state index in [1.807, 2.05) is 0 Å². The van der Waals surface area contributed by atoms with Gasteiger partial charge in [0.25, 0.3) is 5.91 Å². The van der Waals surface area contributed by atoms with Gasteiger partial charge in [0.15, 0.2) is 5.60 Å². The van der Waals surface area contributed by atoms with Crippen LogP contribution in [0.3, 0.4) is 0 Å². The minimum absolute atomic E-state index is 0.122. The molecule has 0 aliphatic carbocycles. The van der Waals surface area contributed by atoms with Gasteiger partial charge in [-0.1, -0.05) is 11.6 Å². The fraction of sp³-hybridized carbons (Fsp3) is 0.455. The predicted molar refractivity (Wildman–Crippen MR) is 72.5 cm³/mol. The third-order valence-corrected chi connectivity index (χ3v) is 3.73. The third-order valence-electron chi connectivity index (χ3n) is 3.02. The molecule has 1 amide bonds. The summed E-state index contributed by atoms with van der Waals surface area (Å²) >= 11 is 9.38. The van der Waals surface area contributed by atoms with Crippen LogP contribution in [0.15, 0.2) is 16.7 Å². The second kappa shape index (κ2) is 5.03. The van der Waals surface area contributed by atoms with Gasteiger partial charge in [-0.25, -0.2) is 4.98 Å². The van der Waals surface area contributed by atoms with Crippen molar-refractivity contribution in [1.29, 1.82) is 0 Å². The molecule has 2 heterocycles. The zero-order chi connectivity index (χ0) is 13.3. The van der Waals surface area contributed by atoms with Gasteiger partial charge in [0.05, 0.1) is 11.6 Å². The summed E-state index contributed by atoms with van der Waals surface area (Å²) in [5.74, 6) is -0.153. The maximum atomic E-state index is 11.3. The number of halogens is 2. The summed E-state index contributed by atoms with van der Waals surface area (Å²) in [6.07, 6.45) is 2.65. The van der Waals surface area contributed by atoms with Crippen molar-refractivity contribution >= 4 is 39.3 Å². The smallest absolute Gasteiger partial charge is 0.251 e. The first-order valence-electron chi connectivity index (χ1n) is 5.51. The Balaban J connectivity index is 2.26. The number of amides is 1. The second-order valence-electron chi connectivity index (χ2n) is 4.38. The van der Waals surface area contributed by atoms with Gasteiger partial charge < -0.3 is 15.7 Å². The third kappa shape index (κ3) is 2.60. The van der Waals surface area contributed by atoms with Gasteiger partial charge in [-0.15, -0.1) is 0 Å². The number of primary amides is 1. The molecule has 0 aromatic carbocycles. The number of hydrogen-bond acceptors (Lipinski definition) is 4. The van der Waals surface area contributed by atoms with Crippen LogP contribution in [0.5, 0.6) is 0 Å². The van der Waals surface area contributed by atoms with Crippen LogP contribution in [0.4, 0.5) is 5.82 Å². The molecule has 0 bridgehead atoms. The summed E-state index contributed by atoms with van der Waals surface area (Å²) < 4.78 is 0.776. The molecule has 1 fully saturated rings. The van der Waals surface area contributed by atoms with E-state index in [1.165, 1.54) is 0 Å². The fourth-order valence-corrected chi connectivity index (χ4v) is 2.81. The van der Waals surface area contributed by atoms with Crippen LogP contribution in [-0.2, 0) is 4.79 Å². The van der Waals surface area contributed by atoms with E-state index in [1.54, 1.807) is 17.2 Å². The van der Waals surface area contributed by atoms with E-state index in [-0.39, 0.29) is 6.54 Å². The Labute approximate surface area is 118 Å². The quantitative estimate of drug-likeness (QED) is 0.855. The van der Waals surface area contributed by atoms with Gasteiger partial charge in [-0.05, 0) is 34.8 Å². The number of pyridine rings is 1. The lowest BCUT2D eigenvalue weighted by Crippen LogP contribution is -2.56. The van der Waals surface area contributed by atoms with E-state index in [2.05, 4.69) is 20.9 Å². The maximum Gasteiger partial charge on any atom is 0.251 e. The summed E-state index contributed by atoms with van der Waals surface area (Å²) in [5.41, 5.74) is 3.72. The molecule has 18 heavy (non-hydrogen) atoms. The van der Waals surface area contributed by atoms with Crippen molar-refractivity contribution in [3.05, 3.63) is 21.8 Å². The summed E-state index contributed by atoms with van der Waals surface area (Å²) in [7, 11) is 0. The van der Waals surface area contributed by atoms with Crippen molar-refractivity contribution in [2.24, 2.45) is 5.73 Å². The van der Waals surface area contributed by atoms with Crippen molar-refractivity contribution in [3.63, 3.8) is 0 Å². The number of nitrogens with two attached hydrogens (primary N) is 1. The number of nitrogens with zero attached hydrogens (tertiary/aromatic N) is 2. The molecule has 0 radical (unpaired) electrons. The van der Waals surface area contributed by atoms with Crippen molar-refractivity contribution in [2.45, 2.75) is 18.4 Å². The van der Waals surface area contributed by atoms with Gasteiger partial charge in [-0.2, -0.15) is 0 Å². The molecule has 0 saturated carbocycles. The lowest BCUT2D eigenvalue weighted by molar-refractivity contribution is -0.137. The van der Waals surface area contributed by atoms with Gasteiger partial charge in [-0.3, -0.25) is 4.79 Å². The van der Waals surface area contributed by atoms with Crippen LogP contribution < -0.4 is 10.6 Å². The van der Waals surface area contributed by atoms with E-state index in [0.29, 0.717) is 30.2 Å². The number of carbonyl (C=O) groups excluding carboxylic acids is 1. The Morgan fingerprint density at radius 1 is 1.67 bits per heavy atom. The van der Waals surface area contributed by atoms with Gasteiger partial charge >= 0.3 is 0 Å².